The van der Waals surface area contributed by atoms with Gasteiger partial charge in [-0.05, 0) is 72.3 Å². The molecule has 0 aliphatic heterocycles. The molecule has 0 bridgehead atoms. The highest BCUT2D eigenvalue weighted by Gasteiger charge is 2.31. The first-order valence-electron chi connectivity index (χ1n) is 9.63. The zero-order valence-electron chi connectivity index (χ0n) is 19.0. The molecule has 0 fully saturated rings. The maximum absolute atomic E-state index is 9.10. The van der Waals surface area contributed by atoms with Crippen LogP contribution in [0.3, 0.4) is 0 Å². The van der Waals surface area contributed by atoms with Crippen molar-refractivity contribution in [3.05, 3.63) is 59.7 Å². The normalized spacial score (nSPS) is 10.3. The number of carbonyl (C=O) groups is 1. The maximum Gasteiger partial charge on any atom is 0.204 e. The van der Waals surface area contributed by atoms with E-state index >= 15 is 0 Å². The summed E-state index contributed by atoms with van der Waals surface area (Å²) in [5.74, 6) is 0. The van der Waals surface area contributed by atoms with Crippen LogP contribution in [-0.4, -0.2) is 49.3 Å². The number of rotatable bonds is 4. The van der Waals surface area contributed by atoms with Gasteiger partial charge in [0, 0.05) is 4.90 Å². The number of thiol groups is 1. The van der Waals surface area contributed by atoms with Gasteiger partial charge in [-0.25, -0.2) is 0 Å². The Hall–Kier alpha value is -1.80. The van der Waals surface area contributed by atoms with Crippen LogP contribution in [0.4, 0.5) is 0 Å². The summed E-state index contributed by atoms with van der Waals surface area (Å²) >= 11 is 4.13. The highest BCUT2D eigenvalue weighted by molar-refractivity contribution is 7.80. The summed E-state index contributed by atoms with van der Waals surface area (Å²) < 4.78 is 0. The van der Waals surface area contributed by atoms with Crippen LogP contribution in [0.25, 0.3) is 0 Å². The molecule has 5 N–H and O–H groups in total. The fourth-order valence-corrected chi connectivity index (χ4v) is 1.65. The molecular formula is C23H37BN2O3S. The highest BCUT2D eigenvalue weighted by atomic mass is 32.1. The lowest BCUT2D eigenvalue weighted by molar-refractivity contribution is -0.107. The quantitative estimate of drug-likeness (QED) is 0.291. The van der Waals surface area contributed by atoms with Gasteiger partial charge in [0.2, 0.25) is 6.41 Å². The number of benzene rings is 2. The molecule has 2 radical (unpaired) electrons. The van der Waals surface area contributed by atoms with E-state index in [9.17, 15) is 0 Å². The van der Waals surface area contributed by atoms with Crippen LogP contribution in [0, 0.1) is 6.92 Å². The van der Waals surface area contributed by atoms with Crippen LogP contribution in [0.1, 0.15) is 38.8 Å². The number of carbonyl (C=O) groups excluding carboxylic acids is 1. The van der Waals surface area contributed by atoms with Gasteiger partial charge in [0.25, 0.3) is 0 Å². The Morgan fingerprint density at radius 1 is 1.00 bits per heavy atom. The second-order valence-electron chi connectivity index (χ2n) is 7.68. The minimum atomic E-state index is -1.01. The molecule has 0 aromatic heterocycles. The van der Waals surface area contributed by atoms with Crippen molar-refractivity contribution in [2.45, 2.75) is 57.1 Å². The lowest BCUT2D eigenvalue weighted by Gasteiger charge is -2.31. The molecule has 0 saturated carbocycles. The topological polar surface area (TPSA) is 95.6 Å². The summed E-state index contributed by atoms with van der Waals surface area (Å²) in [6, 6.07) is 16.1. The number of hydrogen-bond donors (Lipinski definition) is 5. The molecule has 166 valence electrons. The second-order valence-corrected chi connectivity index (χ2v) is 8.20. The van der Waals surface area contributed by atoms with Crippen molar-refractivity contribution in [3.8, 4) is 0 Å². The Kier molecular flexibility index (Phi) is 16.2. The predicted octanol–water partition coefficient (Wildman–Crippen LogP) is 2.16. The average molecular weight is 432 g/mol. The minimum Gasteiger partial charge on any atom is -0.387 e. The van der Waals surface area contributed by atoms with E-state index in [1.165, 1.54) is 11.1 Å². The third-order valence-electron chi connectivity index (χ3n) is 4.17. The van der Waals surface area contributed by atoms with Crippen LogP contribution in [0.5, 0.6) is 0 Å². The van der Waals surface area contributed by atoms with Gasteiger partial charge in [-0.3, -0.25) is 4.79 Å². The molecule has 0 aliphatic carbocycles. The van der Waals surface area contributed by atoms with E-state index in [0.717, 1.165) is 23.3 Å². The molecule has 2 aromatic carbocycles. The zero-order valence-corrected chi connectivity index (χ0v) is 19.9. The molecule has 5 nitrogen and oxygen atoms in total. The van der Waals surface area contributed by atoms with Gasteiger partial charge in [-0.1, -0.05) is 47.4 Å². The predicted molar refractivity (Wildman–Crippen MR) is 131 cm³/mol. The van der Waals surface area contributed by atoms with E-state index in [-0.39, 0.29) is 6.41 Å². The minimum absolute atomic E-state index is 0.250. The molecule has 0 atom stereocenters. The summed E-state index contributed by atoms with van der Waals surface area (Å²) in [4.78, 5) is 9.61. The van der Waals surface area contributed by atoms with Gasteiger partial charge < -0.3 is 21.3 Å². The van der Waals surface area contributed by atoms with E-state index in [2.05, 4.69) is 42.7 Å². The van der Waals surface area contributed by atoms with Gasteiger partial charge in [-0.15, -0.1) is 12.6 Å². The molecule has 1 amide bonds. The monoisotopic (exact) mass is 432 g/mol. The van der Waals surface area contributed by atoms with Crippen molar-refractivity contribution in [2.24, 2.45) is 5.73 Å². The number of primary amides is 1. The third-order valence-corrected chi connectivity index (χ3v) is 4.47. The second kappa shape index (κ2) is 16.0. The molecule has 0 spiro atoms. The first kappa shape index (κ1) is 30.4. The van der Waals surface area contributed by atoms with Gasteiger partial charge in [0.15, 0.2) is 0 Å². The van der Waals surface area contributed by atoms with Crippen molar-refractivity contribution in [1.82, 2.24) is 5.32 Å². The largest absolute Gasteiger partial charge is 0.387 e. The lowest BCUT2D eigenvalue weighted by Crippen LogP contribution is -2.44. The Balaban J connectivity index is 0. The molecule has 0 unspecified atom stereocenters. The van der Waals surface area contributed by atoms with Gasteiger partial charge in [0.05, 0.1) is 11.2 Å². The van der Waals surface area contributed by atoms with Crippen molar-refractivity contribution in [3.63, 3.8) is 0 Å². The number of aliphatic hydroxyl groups is 2. The molecule has 2 rings (SSSR count). The Morgan fingerprint density at radius 3 is 1.70 bits per heavy atom. The number of nitrogens with one attached hydrogen (secondary N) is 1. The van der Waals surface area contributed by atoms with Gasteiger partial charge in [0.1, 0.15) is 7.85 Å². The average Bonchev–Trinajstić information content (AvgIpc) is 2.64. The summed E-state index contributed by atoms with van der Waals surface area (Å²) in [6.45, 7) is 9.39. The van der Waals surface area contributed by atoms with Gasteiger partial charge in [-0.2, -0.15) is 0 Å². The summed E-state index contributed by atoms with van der Waals surface area (Å²) in [5, 5.41) is 21.3. The van der Waals surface area contributed by atoms with E-state index < -0.39 is 11.2 Å². The van der Waals surface area contributed by atoms with Crippen LogP contribution in [0.2, 0.25) is 0 Å². The Bertz CT molecular complexity index is 647. The molecule has 30 heavy (non-hydrogen) atoms. The first-order chi connectivity index (χ1) is 13.8. The molecule has 0 heterocycles. The fraction of sp³-hybridized carbons (Fsp3) is 0.435. The highest BCUT2D eigenvalue weighted by Crippen LogP contribution is 2.19. The van der Waals surface area contributed by atoms with E-state index in [0.29, 0.717) is 0 Å². The number of likely N-dealkylation sites (N-methyl/N-ethyl adjacent to an activating group) is 1. The summed E-state index contributed by atoms with van der Waals surface area (Å²) in [6.07, 6.45) is 1.32. The number of hydrogen-bond acceptors (Lipinski definition) is 5. The van der Waals surface area contributed by atoms with Crippen molar-refractivity contribution in [2.75, 3.05) is 13.6 Å². The number of aryl methyl sites for hydroxylation is 1. The van der Waals surface area contributed by atoms with Crippen molar-refractivity contribution < 1.29 is 15.0 Å². The van der Waals surface area contributed by atoms with E-state index in [1.807, 2.05) is 43.4 Å². The summed E-state index contributed by atoms with van der Waals surface area (Å²) in [7, 11) is 7.50. The molecule has 7 heteroatoms. The number of amides is 1. The smallest absolute Gasteiger partial charge is 0.204 e. The lowest BCUT2D eigenvalue weighted by atomic mass is 9.90. The van der Waals surface area contributed by atoms with Crippen molar-refractivity contribution >= 4 is 32.3 Å². The van der Waals surface area contributed by atoms with Crippen LogP contribution >= 0.6 is 12.6 Å². The number of nitrogens with two attached hydrogens (primary N) is 1. The van der Waals surface area contributed by atoms with Gasteiger partial charge >= 0.3 is 0 Å². The Morgan fingerprint density at radius 2 is 1.40 bits per heavy atom. The van der Waals surface area contributed by atoms with Crippen LogP contribution < -0.4 is 16.5 Å². The Labute approximate surface area is 188 Å². The van der Waals surface area contributed by atoms with Crippen LogP contribution in [0.15, 0.2) is 53.4 Å². The maximum atomic E-state index is 9.10. The van der Waals surface area contributed by atoms with Crippen molar-refractivity contribution in [1.29, 1.82) is 0 Å². The SMILES string of the molecule is CC(C)(O)C(C)(C)O.Cc1ccc(S)cc1.NC=O.[B]c1ccc(CCNC)cc1. The molecule has 2 aromatic rings. The molecule has 0 aliphatic rings. The van der Waals surface area contributed by atoms with E-state index in [1.54, 1.807) is 27.7 Å². The fourth-order valence-electron chi connectivity index (χ4n) is 1.50. The molecular weight excluding hydrogens is 395 g/mol. The first-order valence-corrected chi connectivity index (χ1v) is 10.1. The zero-order chi connectivity index (χ0) is 23.8. The molecule has 0 saturated heterocycles. The summed E-state index contributed by atoms with van der Waals surface area (Å²) in [5.41, 5.74) is 5.59. The van der Waals surface area contributed by atoms with E-state index in [4.69, 9.17) is 22.9 Å². The van der Waals surface area contributed by atoms with Crippen LogP contribution in [-0.2, 0) is 11.2 Å². The standard InChI is InChI=1S/C9H12BN.C7H8S.C6H14O2.CH3NO/c1-11-7-6-8-2-4-9(10)5-3-8;1-6-2-4-7(8)5-3-6;1-5(2,7)6(3,4)8;2-1-3/h2-5,11H,6-7H2,1H3;2-5,8H,1H3;7-8H,1-4H3;1H,(H2,2,3). The third kappa shape index (κ3) is 17.1.